The molecule has 0 bridgehead atoms. The molecule has 0 spiro atoms. The van der Waals surface area contributed by atoms with Gasteiger partial charge in [-0.25, -0.2) is 4.79 Å². The van der Waals surface area contributed by atoms with Gasteiger partial charge in [0.05, 0.1) is 32.5 Å². The van der Waals surface area contributed by atoms with Crippen molar-refractivity contribution in [3.8, 4) is 0 Å². The van der Waals surface area contributed by atoms with Crippen molar-refractivity contribution in [1.29, 1.82) is 0 Å². The van der Waals surface area contributed by atoms with Gasteiger partial charge in [0.2, 0.25) is 0 Å². The first kappa shape index (κ1) is 35.1. The molecule has 3 amide bonds. The van der Waals surface area contributed by atoms with E-state index in [1.807, 2.05) is 0 Å². The Morgan fingerprint density at radius 1 is 0.872 bits per heavy atom. The molecule has 1 saturated carbocycles. The number of aliphatic hydroxyl groups excluding tert-OH is 2. The molecular formula is C21H38N3O13P2-. The number of hydrogen-bond donors (Lipinski definition) is 5. The van der Waals surface area contributed by atoms with Crippen molar-refractivity contribution >= 4 is 38.7 Å². The van der Waals surface area contributed by atoms with E-state index in [0.29, 0.717) is 25.7 Å². The van der Waals surface area contributed by atoms with Gasteiger partial charge < -0.3 is 54.1 Å². The van der Waals surface area contributed by atoms with Crippen LogP contribution in [0.15, 0.2) is 0 Å². The average Bonchev–Trinajstić information content (AvgIpc) is 2.84. The fourth-order valence-corrected chi connectivity index (χ4v) is 4.64. The molecule has 0 aromatic carbocycles. The zero-order valence-electron chi connectivity index (χ0n) is 22.2. The molecule has 0 aromatic rings. The molecule has 5 N–H and O–H groups in total. The van der Waals surface area contributed by atoms with Crippen LogP contribution < -0.4 is 20.8 Å². The molecule has 18 heteroatoms. The van der Waals surface area contributed by atoms with Crippen molar-refractivity contribution in [3.63, 3.8) is 0 Å². The molecule has 1 aliphatic carbocycles. The van der Waals surface area contributed by atoms with Crippen molar-refractivity contribution in [1.82, 2.24) is 16.0 Å². The molecule has 16 nitrogen and oxygen atoms in total. The SMILES string of the molecule is CP(C)(=O)OCCOCCNC(=O)[C@H](O)[C@@H](O)C(=O)NCCOC(=O)C(=O)NC1CCC(OP(C)(=O)[O-])CC1. The number of carbonyl (C=O) groups is 4. The van der Waals surface area contributed by atoms with Crippen LogP contribution in [0.2, 0.25) is 0 Å². The first-order valence-electron chi connectivity index (χ1n) is 12.2. The van der Waals surface area contributed by atoms with E-state index in [0.717, 1.165) is 6.66 Å². The summed E-state index contributed by atoms with van der Waals surface area (Å²) in [6.45, 7) is 3.41. The molecule has 0 heterocycles. The summed E-state index contributed by atoms with van der Waals surface area (Å²) in [6.07, 6.45) is -3.04. The third kappa shape index (κ3) is 16.1. The van der Waals surface area contributed by atoms with Gasteiger partial charge in [0, 0.05) is 32.6 Å². The highest BCUT2D eigenvalue weighted by Gasteiger charge is 2.30. The van der Waals surface area contributed by atoms with Crippen LogP contribution >= 0.6 is 15.0 Å². The monoisotopic (exact) mass is 602 g/mol. The van der Waals surface area contributed by atoms with Gasteiger partial charge in [-0.3, -0.25) is 18.9 Å². The number of esters is 1. The van der Waals surface area contributed by atoms with Gasteiger partial charge in [0.25, 0.3) is 11.8 Å². The highest BCUT2D eigenvalue weighted by Crippen LogP contribution is 2.37. The van der Waals surface area contributed by atoms with Crippen LogP contribution in [-0.4, -0.2) is 118 Å². The quantitative estimate of drug-likeness (QED) is 0.0540. The summed E-state index contributed by atoms with van der Waals surface area (Å²) in [5.41, 5.74) is 0. The fraction of sp³-hybridized carbons (Fsp3) is 0.810. The number of hydrogen-bond acceptors (Lipinski definition) is 13. The van der Waals surface area contributed by atoms with Crippen LogP contribution in [0.5, 0.6) is 0 Å². The van der Waals surface area contributed by atoms with Crippen LogP contribution in [0.25, 0.3) is 0 Å². The lowest BCUT2D eigenvalue weighted by Gasteiger charge is -2.32. The summed E-state index contributed by atoms with van der Waals surface area (Å²) in [7, 11) is -6.47. The summed E-state index contributed by atoms with van der Waals surface area (Å²) in [5, 5.41) is 26.6. The summed E-state index contributed by atoms with van der Waals surface area (Å²) in [6, 6.07) is -0.353. The van der Waals surface area contributed by atoms with Gasteiger partial charge in [-0.15, -0.1) is 0 Å². The molecule has 1 unspecified atom stereocenters. The average molecular weight is 602 g/mol. The molecule has 226 valence electrons. The van der Waals surface area contributed by atoms with E-state index in [4.69, 9.17) is 18.5 Å². The maximum atomic E-state index is 12.0. The fourth-order valence-electron chi connectivity index (χ4n) is 3.37. The van der Waals surface area contributed by atoms with E-state index in [2.05, 4.69) is 16.0 Å². The lowest BCUT2D eigenvalue weighted by atomic mass is 9.93. The predicted octanol–water partition coefficient (Wildman–Crippen LogP) is -2.32. The molecule has 3 atom stereocenters. The zero-order valence-corrected chi connectivity index (χ0v) is 23.9. The highest BCUT2D eigenvalue weighted by molar-refractivity contribution is 7.57. The molecule has 0 aliphatic heterocycles. The third-order valence-corrected chi connectivity index (χ3v) is 6.67. The van der Waals surface area contributed by atoms with Crippen molar-refractivity contribution < 1.29 is 61.9 Å². The summed E-state index contributed by atoms with van der Waals surface area (Å²) >= 11 is 0. The lowest BCUT2D eigenvalue weighted by Crippen LogP contribution is -2.50. The predicted molar refractivity (Wildman–Crippen MR) is 134 cm³/mol. The molecule has 1 rings (SSSR count). The van der Waals surface area contributed by atoms with E-state index in [1.54, 1.807) is 0 Å². The molecule has 39 heavy (non-hydrogen) atoms. The van der Waals surface area contributed by atoms with E-state index < -0.39 is 63.6 Å². The van der Waals surface area contributed by atoms with Crippen molar-refractivity contribution in [3.05, 3.63) is 0 Å². The van der Waals surface area contributed by atoms with E-state index in [1.165, 1.54) is 13.3 Å². The van der Waals surface area contributed by atoms with Crippen molar-refractivity contribution in [2.24, 2.45) is 0 Å². The van der Waals surface area contributed by atoms with Crippen LogP contribution in [0.4, 0.5) is 0 Å². The Hall–Kier alpha value is -1.90. The second-order valence-electron chi connectivity index (χ2n) is 9.13. The topological polar surface area (TPSA) is 239 Å². The summed E-state index contributed by atoms with van der Waals surface area (Å²) in [4.78, 5) is 58.9. The molecule has 0 aromatic heterocycles. The highest BCUT2D eigenvalue weighted by atomic mass is 31.2. The smallest absolute Gasteiger partial charge is 0.396 e. The van der Waals surface area contributed by atoms with Crippen LogP contribution in [0.1, 0.15) is 25.7 Å². The van der Waals surface area contributed by atoms with Gasteiger partial charge in [0.15, 0.2) is 19.6 Å². The first-order valence-corrected chi connectivity index (χ1v) is 16.7. The minimum absolute atomic E-state index is 0.0334. The number of nitrogens with one attached hydrogen (secondary N) is 3. The zero-order chi connectivity index (χ0) is 29.6. The van der Waals surface area contributed by atoms with E-state index in [-0.39, 0.29) is 39.0 Å². The van der Waals surface area contributed by atoms with E-state index in [9.17, 15) is 43.4 Å². The first-order chi connectivity index (χ1) is 18.1. The van der Waals surface area contributed by atoms with Gasteiger partial charge in [-0.05, 0) is 25.7 Å². The standard InChI is InChI=1S/C21H39N3O13P2/c1-38(2,31)36-13-12-34-10-8-22-18(27)16(25)17(26)19(28)23-9-11-35-21(30)20(29)24-14-4-6-15(7-5-14)37-39(3,32)33/h14-17,25-26H,4-13H2,1-3H3,(H,22,27)(H,23,28)(H,24,29)(H,32,33)/p-1/t14?,15?,16-,17-/m1/s1. The molecule has 0 radical (unpaired) electrons. The van der Waals surface area contributed by atoms with Gasteiger partial charge in [-0.2, -0.15) is 0 Å². The Morgan fingerprint density at radius 3 is 1.92 bits per heavy atom. The number of aliphatic hydroxyl groups is 2. The van der Waals surface area contributed by atoms with Gasteiger partial charge in [-0.1, -0.05) is 0 Å². The minimum Gasteiger partial charge on any atom is -0.779 e. The molecule has 1 aliphatic rings. The molecular weight excluding hydrogens is 564 g/mol. The van der Waals surface area contributed by atoms with Crippen LogP contribution in [-0.2, 0) is 46.8 Å². The number of carbonyl (C=O) groups excluding carboxylic acids is 4. The maximum Gasteiger partial charge on any atom is 0.396 e. The van der Waals surface area contributed by atoms with E-state index >= 15 is 0 Å². The second kappa shape index (κ2) is 17.0. The number of ether oxygens (including phenoxy) is 2. The van der Waals surface area contributed by atoms with Crippen molar-refractivity contribution in [2.45, 2.75) is 50.0 Å². The summed E-state index contributed by atoms with van der Waals surface area (Å²) < 4.78 is 42.4. The van der Waals surface area contributed by atoms with Gasteiger partial charge in [0.1, 0.15) is 14.2 Å². The molecule has 1 fully saturated rings. The van der Waals surface area contributed by atoms with Crippen LogP contribution in [0.3, 0.4) is 0 Å². The van der Waals surface area contributed by atoms with Gasteiger partial charge >= 0.3 is 11.9 Å². The minimum atomic E-state index is -3.86. The normalized spacial score (nSPS) is 20.7. The van der Waals surface area contributed by atoms with Crippen molar-refractivity contribution in [2.75, 3.05) is 59.5 Å². The Labute approximate surface area is 226 Å². The maximum absolute atomic E-state index is 12.0. The lowest BCUT2D eigenvalue weighted by molar-refractivity contribution is -0.201. The number of amides is 3. The molecule has 0 saturated heterocycles. The van der Waals surface area contributed by atoms with Crippen LogP contribution in [0, 0.1) is 0 Å². The Kier molecular flexibility index (Phi) is 15.3. The Morgan fingerprint density at radius 2 is 1.41 bits per heavy atom. The third-order valence-electron chi connectivity index (χ3n) is 5.18. The second-order valence-corrected chi connectivity index (χ2v) is 13.6. The Balaban J connectivity index is 2.20. The largest absolute Gasteiger partial charge is 0.779 e. The summed E-state index contributed by atoms with van der Waals surface area (Å²) in [5.74, 6) is -4.34. The Bertz CT molecular complexity index is 915. The number of rotatable bonds is 16.